The van der Waals surface area contributed by atoms with Crippen LogP contribution >= 0.6 is 11.6 Å². The van der Waals surface area contributed by atoms with Crippen molar-refractivity contribution in [3.8, 4) is 0 Å². The highest BCUT2D eigenvalue weighted by atomic mass is 35.5. The molecule has 1 heterocycles. The van der Waals surface area contributed by atoms with Crippen molar-refractivity contribution in [2.24, 2.45) is 0 Å². The van der Waals surface area contributed by atoms with Crippen LogP contribution in [0.15, 0.2) is 42.6 Å². The van der Waals surface area contributed by atoms with Gasteiger partial charge in [-0.05, 0) is 18.2 Å². The lowest BCUT2D eigenvalue weighted by Crippen LogP contribution is -2.33. The lowest BCUT2D eigenvalue weighted by Gasteiger charge is -2.19. The maximum atomic E-state index is 12.0. The summed E-state index contributed by atoms with van der Waals surface area (Å²) in [4.78, 5) is 17.9. The fraction of sp³-hybridized carbons (Fsp3) is 0.200. The number of carbonyl (C=O) groups is 1. The molecular weight excluding hydrogens is 288 g/mol. The standard InChI is InChI=1S/C15H17ClN4O/c1-20(11-5-3-2-4-6-11)8-7-18-15(21)12-9-14(16)19-10-13(12)17/h2-6,9-10H,7-8,17H2,1H3,(H,18,21). The van der Waals surface area contributed by atoms with Crippen LogP contribution < -0.4 is 16.0 Å². The Hall–Kier alpha value is -2.27. The summed E-state index contributed by atoms with van der Waals surface area (Å²) in [6, 6.07) is 11.4. The number of amides is 1. The summed E-state index contributed by atoms with van der Waals surface area (Å²) in [5.74, 6) is -0.252. The van der Waals surface area contributed by atoms with E-state index in [9.17, 15) is 4.79 Å². The zero-order valence-electron chi connectivity index (χ0n) is 11.7. The first kappa shape index (κ1) is 15.1. The van der Waals surface area contributed by atoms with Crippen LogP contribution in [-0.2, 0) is 0 Å². The van der Waals surface area contributed by atoms with Gasteiger partial charge >= 0.3 is 0 Å². The molecule has 110 valence electrons. The fourth-order valence-corrected chi connectivity index (χ4v) is 2.04. The van der Waals surface area contributed by atoms with E-state index < -0.39 is 0 Å². The lowest BCUT2D eigenvalue weighted by atomic mass is 10.2. The molecule has 0 unspecified atom stereocenters. The van der Waals surface area contributed by atoms with Gasteiger partial charge in [-0.1, -0.05) is 29.8 Å². The number of likely N-dealkylation sites (N-methyl/N-ethyl adjacent to an activating group) is 1. The van der Waals surface area contributed by atoms with Crippen LogP contribution in [-0.4, -0.2) is 31.0 Å². The third-order valence-corrected chi connectivity index (χ3v) is 3.28. The summed E-state index contributed by atoms with van der Waals surface area (Å²) in [5.41, 5.74) is 7.47. The molecule has 0 fully saturated rings. The molecule has 0 atom stereocenters. The van der Waals surface area contributed by atoms with Crippen LogP contribution in [0.1, 0.15) is 10.4 Å². The van der Waals surface area contributed by atoms with Crippen LogP contribution in [0.2, 0.25) is 5.15 Å². The number of carbonyl (C=O) groups excluding carboxylic acids is 1. The number of nitrogens with two attached hydrogens (primary N) is 1. The molecule has 21 heavy (non-hydrogen) atoms. The van der Waals surface area contributed by atoms with Crippen molar-refractivity contribution in [1.82, 2.24) is 10.3 Å². The molecule has 2 aromatic rings. The van der Waals surface area contributed by atoms with E-state index in [1.54, 1.807) is 0 Å². The molecule has 0 saturated heterocycles. The molecule has 2 rings (SSSR count). The van der Waals surface area contributed by atoms with Gasteiger partial charge in [0.15, 0.2) is 0 Å². The Morgan fingerprint density at radius 3 is 2.81 bits per heavy atom. The first-order valence-corrected chi connectivity index (χ1v) is 6.91. The average Bonchev–Trinajstić information content (AvgIpc) is 2.50. The van der Waals surface area contributed by atoms with Crippen LogP contribution in [0.5, 0.6) is 0 Å². The SMILES string of the molecule is CN(CCNC(=O)c1cc(Cl)ncc1N)c1ccccc1. The second-order valence-corrected chi connectivity index (χ2v) is 4.99. The van der Waals surface area contributed by atoms with Gasteiger partial charge in [0.25, 0.3) is 5.91 Å². The Kier molecular flexibility index (Phi) is 5.00. The zero-order valence-corrected chi connectivity index (χ0v) is 12.5. The van der Waals surface area contributed by atoms with E-state index >= 15 is 0 Å². The van der Waals surface area contributed by atoms with Crippen molar-refractivity contribution in [2.45, 2.75) is 0 Å². The number of hydrogen-bond acceptors (Lipinski definition) is 4. The molecule has 5 nitrogen and oxygen atoms in total. The maximum Gasteiger partial charge on any atom is 0.253 e. The highest BCUT2D eigenvalue weighted by Crippen LogP contribution is 2.14. The zero-order chi connectivity index (χ0) is 15.2. The van der Waals surface area contributed by atoms with E-state index in [4.69, 9.17) is 17.3 Å². The van der Waals surface area contributed by atoms with Crippen molar-refractivity contribution in [2.75, 3.05) is 30.8 Å². The smallest absolute Gasteiger partial charge is 0.253 e. The van der Waals surface area contributed by atoms with Gasteiger partial charge < -0.3 is 16.0 Å². The molecule has 0 aliphatic rings. The number of nitrogens with one attached hydrogen (secondary N) is 1. The molecule has 0 spiro atoms. The van der Waals surface area contributed by atoms with Gasteiger partial charge in [-0.2, -0.15) is 0 Å². The third kappa shape index (κ3) is 4.10. The summed E-state index contributed by atoms with van der Waals surface area (Å²) < 4.78 is 0. The fourth-order valence-electron chi connectivity index (χ4n) is 1.88. The van der Waals surface area contributed by atoms with Crippen molar-refractivity contribution < 1.29 is 4.79 Å². The first-order valence-electron chi connectivity index (χ1n) is 6.53. The minimum Gasteiger partial charge on any atom is -0.397 e. The van der Waals surface area contributed by atoms with Gasteiger partial charge in [0.05, 0.1) is 17.4 Å². The van der Waals surface area contributed by atoms with Gasteiger partial charge in [0.1, 0.15) is 5.15 Å². The number of rotatable bonds is 5. The molecule has 0 aliphatic heterocycles. The number of aromatic nitrogens is 1. The van der Waals surface area contributed by atoms with Crippen LogP contribution in [0, 0.1) is 0 Å². The Morgan fingerprint density at radius 1 is 1.38 bits per heavy atom. The van der Waals surface area contributed by atoms with E-state index in [-0.39, 0.29) is 11.1 Å². The molecule has 3 N–H and O–H groups in total. The van der Waals surface area contributed by atoms with Crippen molar-refractivity contribution in [3.05, 3.63) is 53.3 Å². The molecule has 6 heteroatoms. The van der Waals surface area contributed by atoms with Gasteiger partial charge in [-0.25, -0.2) is 4.98 Å². The number of benzene rings is 1. The van der Waals surface area contributed by atoms with Gasteiger partial charge in [-0.15, -0.1) is 0 Å². The van der Waals surface area contributed by atoms with Gasteiger partial charge in [0, 0.05) is 25.8 Å². The summed E-state index contributed by atoms with van der Waals surface area (Å²) in [6.07, 6.45) is 1.38. The predicted molar refractivity (Wildman–Crippen MR) is 85.7 cm³/mol. The van der Waals surface area contributed by atoms with Crippen molar-refractivity contribution in [3.63, 3.8) is 0 Å². The molecule has 1 amide bonds. The summed E-state index contributed by atoms with van der Waals surface area (Å²) in [6.45, 7) is 1.19. The van der Waals surface area contributed by atoms with E-state index in [1.807, 2.05) is 37.4 Å². The quantitative estimate of drug-likeness (QED) is 0.831. The predicted octanol–water partition coefficient (Wildman–Crippen LogP) is 2.18. The Morgan fingerprint density at radius 2 is 2.10 bits per heavy atom. The van der Waals surface area contributed by atoms with E-state index in [1.165, 1.54) is 12.3 Å². The Bertz CT molecular complexity index is 618. The van der Waals surface area contributed by atoms with E-state index in [0.29, 0.717) is 24.3 Å². The highest BCUT2D eigenvalue weighted by Gasteiger charge is 2.10. The lowest BCUT2D eigenvalue weighted by molar-refractivity contribution is 0.0955. The van der Waals surface area contributed by atoms with Gasteiger partial charge in [-0.3, -0.25) is 4.79 Å². The molecule has 1 aromatic heterocycles. The number of halogens is 1. The average molecular weight is 305 g/mol. The first-order chi connectivity index (χ1) is 10.1. The third-order valence-electron chi connectivity index (χ3n) is 3.08. The van der Waals surface area contributed by atoms with E-state index in [0.717, 1.165) is 5.69 Å². The monoisotopic (exact) mass is 304 g/mol. The number of pyridine rings is 1. The number of hydrogen-bond donors (Lipinski definition) is 2. The molecule has 0 bridgehead atoms. The Balaban J connectivity index is 1.88. The number of anilines is 2. The van der Waals surface area contributed by atoms with Crippen molar-refractivity contribution >= 4 is 28.9 Å². The van der Waals surface area contributed by atoms with Crippen molar-refractivity contribution in [1.29, 1.82) is 0 Å². The van der Waals surface area contributed by atoms with E-state index in [2.05, 4.69) is 15.2 Å². The maximum absolute atomic E-state index is 12.0. The molecule has 0 radical (unpaired) electrons. The molecule has 1 aromatic carbocycles. The number of nitrogen functional groups attached to an aromatic ring is 1. The minimum atomic E-state index is -0.252. The summed E-state index contributed by atoms with van der Waals surface area (Å²) >= 11 is 5.77. The van der Waals surface area contributed by atoms with Crippen LogP contribution in [0.3, 0.4) is 0 Å². The minimum absolute atomic E-state index is 0.246. The summed E-state index contributed by atoms with van der Waals surface area (Å²) in [7, 11) is 1.97. The van der Waals surface area contributed by atoms with Gasteiger partial charge in [0.2, 0.25) is 0 Å². The number of para-hydroxylation sites is 1. The molecular formula is C15H17ClN4O. The van der Waals surface area contributed by atoms with Crippen LogP contribution in [0.4, 0.5) is 11.4 Å². The summed E-state index contributed by atoms with van der Waals surface area (Å²) in [5, 5.41) is 3.07. The number of nitrogens with zero attached hydrogens (tertiary/aromatic N) is 2. The largest absolute Gasteiger partial charge is 0.397 e. The second-order valence-electron chi connectivity index (χ2n) is 4.61. The molecule has 0 saturated carbocycles. The normalized spacial score (nSPS) is 10.2. The second kappa shape index (κ2) is 6.95. The van der Waals surface area contributed by atoms with Crippen LogP contribution in [0.25, 0.3) is 0 Å². The Labute approximate surface area is 128 Å². The molecule has 0 aliphatic carbocycles. The highest BCUT2D eigenvalue weighted by molar-refractivity contribution is 6.29. The topological polar surface area (TPSA) is 71.2 Å².